The third-order valence-corrected chi connectivity index (χ3v) is 4.81. The SMILES string of the molecule is O=C(N/N=C/c1cc(Cl)cc([N+](=O)[O-])c1O)c1cc(-c2ccncc2)nc2ccccc12. The molecule has 0 radical (unpaired) electrons. The van der Waals surface area contributed by atoms with Crippen LogP contribution in [0.5, 0.6) is 5.75 Å². The second kappa shape index (κ2) is 8.78. The molecule has 158 valence electrons. The van der Waals surface area contributed by atoms with E-state index in [1.165, 1.54) is 6.07 Å². The maximum Gasteiger partial charge on any atom is 0.312 e. The number of aromatic nitrogens is 2. The first-order valence-corrected chi connectivity index (χ1v) is 9.62. The van der Waals surface area contributed by atoms with Gasteiger partial charge in [-0.2, -0.15) is 5.10 Å². The van der Waals surface area contributed by atoms with Gasteiger partial charge in [-0.25, -0.2) is 10.4 Å². The van der Waals surface area contributed by atoms with Crippen molar-refractivity contribution in [1.29, 1.82) is 0 Å². The highest BCUT2D eigenvalue weighted by atomic mass is 35.5. The van der Waals surface area contributed by atoms with Crippen molar-refractivity contribution in [2.45, 2.75) is 0 Å². The Kier molecular flexibility index (Phi) is 5.73. The molecule has 32 heavy (non-hydrogen) atoms. The number of benzene rings is 2. The molecule has 9 nitrogen and oxygen atoms in total. The molecule has 0 atom stereocenters. The van der Waals surface area contributed by atoms with Gasteiger partial charge in [0.1, 0.15) is 0 Å². The van der Waals surface area contributed by atoms with E-state index in [0.717, 1.165) is 17.8 Å². The zero-order valence-electron chi connectivity index (χ0n) is 16.3. The van der Waals surface area contributed by atoms with E-state index >= 15 is 0 Å². The van der Waals surface area contributed by atoms with Gasteiger partial charge < -0.3 is 5.11 Å². The Bertz CT molecular complexity index is 1380. The van der Waals surface area contributed by atoms with E-state index in [1.54, 1.807) is 48.8 Å². The van der Waals surface area contributed by atoms with E-state index in [0.29, 0.717) is 22.2 Å². The van der Waals surface area contributed by atoms with E-state index in [-0.39, 0.29) is 10.6 Å². The van der Waals surface area contributed by atoms with Crippen molar-refractivity contribution in [2.75, 3.05) is 0 Å². The Hall–Kier alpha value is -4.37. The predicted molar refractivity (Wildman–Crippen MR) is 120 cm³/mol. The lowest BCUT2D eigenvalue weighted by molar-refractivity contribution is -0.385. The number of fused-ring (bicyclic) bond motifs is 1. The van der Waals surface area contributed by atoms with E-state index in [1.807, 2.05) is 6.07 Å². The molecule has 0 spiro atoms. The van der Waals surface area contributed by atoms with Crippen molar-refractivity contribution in [3.8, 4) is 17.0 Å². The van der Waals surface area contributed by atoms with Crippen LogP contribution in [0.1, 0.15) is 15.9 Å². The summed E-state index contributed by atoms with van der Waals surface area (Å²) in [5.41, 5.74) is 4.14. The van der Waals surface area contributed by atoms with Crippen molar-refractivity contribution < 1.29 is 14.8 Å². The molecule has 0 fully saturated rings. The number of phenols is 1. The highest BCUT2D eigenvalue weighted by Gasteiger charge is 2.18. The molecule has 4 aromatic rings. The van der Waals surface area contributed by atoms with Gasteiger partial charge in [0.25, 0.3) is 5.91 Å². The number of pyridine rings is 2. The molecule has 0 bridgehead atoms. The minimum absolute atomic E-state index is 0.0124. The summed E-state index contributed by atoms with van der Waals surface area (Å²) in [6, 6.07) is 14.7. The number of halogens is 1. The lowest BCUT2D eigenvalue weighted by atomic mass is 10.0. The first-order valence-electron chi connectivity index (χ1n) is 9.24. The number of hydrogen-bond donors (Lipinski definition) is 2. The second-order valence-electron chi connectivity index (χ2n) is 6.63. The summed E-state index contributed by atoms with van der Waals surface area (Å²) in [7, 11) is 0. The monoisotopic (exact) mass is 447 g/mol. The Balaban J connectivity index is 1.67. The number of carbonyl (C=O) groups excluding carboxylic acids is 1. The smallest absolute Gasteiger partial charge is 0.312 e. The van der Waals surface area contributed by atoms with E-state index in [4.69, 9.17) is 11.6 Å². The molecule has 4 rings (SSSR count). The van der Waals surface area contributed by atoms with Crippen LogP contribution in [0.4, 0.5) is 5.69 Å². The molecule has 0 saturated heterocycles. The summed E-state index contributed by atoms with van der Waals surface area (Å²) in [4.78, 5) is 31.8. The number of hydrogen-bond acceptors (Lipinski definition) is 7. The Labute approximate surface area is 186 Å². The van der Waals surface area contributed by atoms with Crippen LogP contribution in [0.15, 0.2) is 72.1 Å². The van der Waals surface area contributed by atoms with Crippen LogP contribution in [0, 0.1) is 10.1 Å². The van der Waals surface area contributed by atoms with Crippen LogP contribution in [-0.4, -0.2) is 32.1 Å². The Morgan fingerprint density at radius 3 is 2.66 bits per heavy atom. The van der Waals surface area contributed by atoms with Crippen LogP contribution in [0.3, 0.4) is 0 Å². The van der Waals surface area contributed by atoms with Gasteiger partial charge in [-0.3, -0.25) is 19.9 Å². The van der Waals surface area contributed by atoms with Crippen LogP contribution < -0.4 is 5.43 Å². The quantitative estimate of drug-likeness (QED) is 0.266. The van der Waals surface area contributed by atoms with Gasteiger partial charge >= 0.3 is 5.69 Å². The first kappa shape index (κ1) is 20.9. The number of hydrazone groups is 1. The second-order valence-corrected chi connectivity index (χ2v) is 7.06. The molecule has 0 saturated carbocycles. The van der Waals surface area contributed by atoms with Crippen molar-refractivity contribution >= 4 is 40.3 Å². The molecule has 2 aromatic carbocycles. The molecular formula is C22H14ClN5O4. The van der Waals surface area contributed by atoms with Crippen LogP contribution in [0.25, 0.3) is 22.2 Å². The fourth-order valence-corrected chi connectivity index (χ4v) is 3.32. The molecule has 0 unspecified atom stereocenters. The van der Waals surface area contributed by atoms with Crippen LogP contribution in [0.2, 0.25) is 5.02 Å². The third kappa shape index (κ3) is 4.23. The van der Waals surface area contributed by atoms with Gasteiger partial charge in [-0.05, 0) is 30.3 Å². The van der Waals surface area contributed by atoms with Gasteiger partial charge in [0.15, 0.2) is 0 Å². The molecule has 0 aliphatic carbocycles. The van der Waals surface area contributed by atoms with Gasteiger partial charge in [0, 0.05) is 40.0 Å². The van der Waals surface area contributed by atoms with Crippen LogP contribution >= 0.6 is 11.6 Å². The maximum atomic E-state index is 12.9. The van der Waals surface area contributed by atoms with E-state index in [9.17, 15) is 20.0 Å². The summed E-state index contributed by atoms with van der Waals surface area (Å²) in [6.45, 7) is 0. The Morgan fingerprint density at radius 1 is 1.16 bits per heavy atom. The van der Waals surface area contributed by atoms with Gasteiger partial charge in [-0.1, -0.05) is 29.8 Å². The summed E-state index contributed by atoms with van der Waals surface area (Å²) in [6.07, 6.45) is 4.35. The normalized spacial score (nSPS) is 11.0. The molecule has 0 aliphatic heterocycles. The number of phenolic OH excluding ortho intramolecular Hbond substituents is 1. The Morgan fingerprint density at radius 2 is 1.91 bits per heavy atom. The summed E-state index contributed by atoms with van der Waals surface area (Å²) in [5.74, 6) is -1.13. The molecule has 0 aliphatic rings. The number of rotatable bonds is 5. The average molecular weight is 448 g/mol. The number of nitrogens with one attached hydrogen (secondary N) is 1. The van der Waals surface area contributed by atoms with Gasteiger partial charge in [-0.15, -0.1) is 0 Å². The molecule has 2 heterocycles. The highest BCUT2D eigenvalue weighted by molar-refractivity contribution is 6.31. The molecule has 10 heteroatoms. The number of nitrogens with zero attached hydrogens (tertiary/aromatic N) is 4. The number of nitro groups is 1. The number of nitro benzene ring substituents is 1. The third-order valence-electron chi connectivity index (χ3n) is 4.59. The van der Waals surface area contributed by atoms with E-state index in [2.05, 4.69) is 20.5 Å². The van der Waals surface area contributed by atoms with Gasteiger partial charge in [0.05, 0.1) is 27.9 Å². The van der Waals surface area contributed by atoms with Crippen molar-refractivity contribution in [3.05, 3.63) is 93.3 Å². The summed E-state index contributed by atoms with van der Waals surface area (Å²) < 4.78 is 0. The van der Waals surface area contributed by atoms with Crippen molar-refractivity contribution in [2.24, 2.45) is 5.10 Å². The first-order chi connectivity index (χ1) is 15.4. The standard InChI is InChI=1S/C22H14ClN5O4/c23-15-9-14(21(29)20(10-15)28(31)32)12-25-27-22(30)17-11-19(13-5-7-24-8-6-13)26-18-4-2-1-3-16(17)18/h1-12,29H,(H,27,30)/b25-12+. The number of aromatic hydroxyl groups is 1. The fraction of sp³-hybridized carbons (Fsp3) is 0. The lowest BCUT2D eigenvalue weighted by Crippen LogP contribution is -2.18. The molecular weight excluding hydrogens is 434 g/mol. The van der Waals surface area contributed by atoms with Crippen molar-refractivity contribution in [1.82, 2.24) is 15.4 Å². The number of para-hydroxylation sites is 1. The average Bonchev–Trinajstić information content (AvgIpc) is 2.80. The fourth-order valence-electron chi connectivity index (χ4n) is 3.10. The molecule has 2 N–H and O–H groups in total. The number of amides is 1. The zero-order chi connectivity index (χ0) is 22.7. The van der Waals surface area contributed by atoms with Crippen molar-refractivity contribution in [3.63, 3.8) is 0 Å². The zero-order valence-corrected chi connectivity index (χ0v) is 17.0. The van der Waals surface area contributed by atoms with Gasteiger partial charge in [0.2, 0.25) is 5.75 Å². The maximum absolute atomic E-state index is 12.9. The minimum Gasteiger partial charge on any atom is -0.502 e. The predicted octanol–water partition coefficient (Wildman–Crippen LogP) is 4.33. The van der Waals surface area contributed by atoms with E-state index < -0.39 is 22.3 Å². The largest absolute Gasteiger partial charge is 0.502 e. The minimum atomic E-state index is -0.763. The summed E-state index contributed by atoms with van der Waals surface area (Å²) in [5, 5.41) is 25.6. The lowest BCUT2D eigenvalue weighted by Gasteiger charge is -2.09. The molecule has 2 aromatic heterocycles. The molecule has 1 amide bonds. The summed E-state index contributed by atoms with van der Waals surface area (Å²) >= 11 is 5.87. The highest BCUT2D eigenvalue weighted by Crippen LogP contribution is 2.32. The topological polar surface area (TPSA) is 131 Å². The number of carbonyl (C=O) groups is 1. The van der Waals surface area contributed by atoms with Crippen LogP contribution in [-0.2, 0) is 0 Å².